The zero-order chi connectivity index (χ0) is 24.4. The molecular weight excluding hydrogens is 442 g/mol. The molecular formula is C28H37N3O4. The van der Waals surface area contributed by atoms with Crippen LogP contribution in [0.25, 0.3) is 0 Å². The van der Waals surface area contributed by atoms with Crippen LogP contribution in [-0.2, 0) is 13.0 Å². The average Bonchev–Trinajstić information content (AvgIpc) is 2.95. The Morgan fingerprint density at radius 3 is 2.66 bits per heavy atom. The minimum atomic E-state index is -0.620. The van der Waals surface area contributed by atoms with Crippen molar-refractivity contribution < 1.29 is 19.4 Å². The molecule has 7 heteroatoms. The number of hydrogen-bond acceptors (Lipinski definition) is 6. The number of aliphatic hydroxyl groups excluding tert-OH is 1. The molecule has 0 aromatic heterocycles. The molecule has 0 radical (unpaired) electrons. The second-order valence-corrected chi connectivity index (χ2v) is 10.3. The lowest BCUT2D eigenvalue weighted by atomic mass is 10.00. The van der Waals surface area contributed by atoms with E-state index in [0.717, 1.165) is 51.2 Å². The van der Waals surface area contributed by atoms with Crippen molar-refractivity contribution in [3.8, 4) is 11.5 Å². The summed E-state index contributed by atoms with van der Waals surface area (Å²) in [7, 11) is 2.13. The number of nitrogens with zero attached hydrogens (tertiary/aromatic N) is 3. The third kappa shape index (κ3) is 5.80. The van der Waals surface area contributed by atoms with Gasteiger partial charge in [0.1, 0.15) is 23.7 Å². The summed E-state index contributed by atoms with van der Waals surface area (Å²) < 4.78 is 12.3. The molecule has 0 aliphatic carbocycles. The molecule has 1 amide bonds. The number of piperidine rings is 1. The first-order valence-corrected chi connectivity index (χ1v) is 12.9. The molecule has 3 aliphatic heterocycles. The van der Waals surface area contributed by atoms with Gasteiger partial charge in [-0.2, -0.15) is 0 Å². The van der Waals surface area contributed by atoms with Gasteiger partial charge in [-0.05, 0) is 56.5 Å². The Balaban J connectivity index is 1.21. The lowest BCUT2D eigenvalue weighted by Crippen LogP contribution is -2.45. The predicted octanol–water partition coefficient (Wildman–Crippen LogP) is 2.80. The van der Waals surface area contributed by atoms with E-state index in [0.29, 0.717) is 24.4 Å². The molecule has 2 aromatic rings. The highest BCUT2D eigenvalue weighted by molar-refractivity contribution is 5.97. The third-order valence-corrected chi connectivity index (χ3v) is 7.35. The van der Waals surface area contributed by atoms with Crippen molar-refractivity contribution >= 4 is 5.91 Å². The van der Waals surface area contributed by atoms with E-state index in [2.05, 4.69) is 41.1 Å². The number of aliphatic hydroxyl groups is 1. The molecule has 35 heavy (non-hydrogen) atoms. The second-order valence-electron chi connectivity index (χ2n) is 10.3. The molecule has 3 aliphatic rings. The number of fused-ring (bicyclic) bond motifs is 2. The molecule has 2 aromatic carbocycles. The molecule has 0 saturated carbocycles. The predicted molar refractivity (Wildman–Crippen MR) is 135 cm³/mol. The van der Waals surface area contributed by atoms with E-state index in [-0.39, 0.29) is 24.7 Å². The summed E-state index contributed by atoms with van der Waals surface area (Å²) in [4.78, 5) is 19.7. The quantitative estimate of drug-likeness (QED) is 0.688. The second kappa shape index (κ2) is 10.6. The van der Waals surface area contributed by atoms with Crippen LogP contribution in [0.2, 0.25) is 0 Å². The maximum atomic E-state index is 13.4. The average molecular weight is 480 g/mol. The molecule has 7 nitrogen and oxygen atoms in total. The summed E-state index contributed by atoms with van der Waals surface area (Å²) in [5.74, 6) is 1.22. The molecule has 0 unspecified atom stereocenters. The van der Waals surface area contributed by atoms with Gasteiger partial charge in [0.05, 0.1) is 18.2 Å². The van der Waals surface area contributed by atoms with Crippen LogP contribution in [0.3, 0.4) is 0 Å². The molecule has 1 N–H and O–H groups in total. The van der Waals surface area contributed by atoms with Gasteiger partial charge >= 0.3 is 0 Å². The van der Waals surface area contributed by atoms with E-state index >= 15 is 0 Å². The van der Waals surface area contributed by atoms with Crippen molar-refractivity contribution in [2.45, 2.75) is 51.0 Å². The molecule has 2 atom stereocenters. The smallest absolute Gasteiger partial charge is 0.257 e. The van der Waals surface area contributed by atoms with Gasteiger partial charge in [0.25, 0.3) is 5.91 Å². The van der Waals surface area contributed by atoms with Crippen LogP contribution >= 0.6 is 0 Å². The lowest BCUT2D eigenvalue weighted by Gasteiger charge is -2.32. The van der Waals surface area contributed by atoms with Gasteiger partial charge in [-0.3, -0.25) is 9.69 Å². The maximum Gasteiger partial charge on any atom is 0.257 e. The van der Waals surface area contributed by atoms with Crippen molar-refractivity contribution in [2.75, 3.05) is 46.3 Å². The number of rotatable bonds is 6. The first-order valence-electron chi connectivity index (χ1n) is 12.9. The lowest BCUT2D eigenvalue weighted by molar-refractivity contribution is 0.0454. The van der Waals surface area contributed by atoms with Crippen LogP contribution in [0.15, 0.2) is 42.5 Å². The zero-order valence-corrected chi connectivity index (χ0v) is 20.9. The van der Waals surface area contributed by atoms with Crippen molar-refractivity contribution in [1.82, 2.24) is 14.7 Å². The Labute approximate surface area is 208 Å². The number of hydrogen-bond donors (Lipinski definition) is 1. The van der Waals surface area contributed by atoms with E-state index in [4.69, 9.17) is 9.47 Å². The van der Waals surface area contributed by atoms with Gasteiger partial charge < -0.3 is 24.4 Å². The van der Waals surface area contributed by atoms with Crippen molar-refractivity contribution in [1.29, 1.82) is 0 Å². The van der Waals surface area contributed by atoms with Gasteiger partial charge in [-0.15, -0.1) is 0 Å². The molecule has 1 fully saturated rings. The molecule has 0 bridgehead atoms. The van der Waals surface area contributed by atoms with Crippen LogP contribution in [0.4, 0.5) is 0 Å². The topological polar surface area (TPSA) is 65.5 Å². The van der Waals surface area contributed by atoms with Crippen LogP contribution in [0.5, 0.6) is 11.5 Å². The van der Waals surface area contributed by atoms with Gasteiger partial charge in [0.15, 0.2) is 0 Å². The first kappa shape index (κ1) is 24.1. The SMILES string of the molecule is C[C@H]1CN(C[C@H](O)CN2CCc3ccccc3C2)C(=O)c2ccc(OC3CCN(C)CC3)cc2O1. The fraction of sp³-hybridized carbons (Fsp3) is 0.536. The summed E-state index contributed by atoms with van der Waals surface area (Å²) in [6.45, 7) is 7.06. The molecule has 1 saturated heterocycles. The summed E-state index contributed by atoms with van der Waals surface area (Å²) in [5.41, 5.74) is 3.25. The van der Waals surface area contributed by atoms with Crippen LogP contribution in [-0.4, -0.2) is 90.3 Å². The van der Waals surface area contributed by atoms with Crippen molar-refractivity contribution in [3.05, 3.63) is 59.2 Å². The fourth-order valence-electron chi connectivity index (χ4n) is 5.44. The normalized spacial score (nSPS) is 22.7. The van der Waals surface area contributed by atoms with E-state index in [1.54, 1.807) is 11.0 Å². The Morgan fingerprint density at radius 1 is 1.09 bits per heavy atom. The number of ether oxygens (including phenoxy) is 2. The summed E-state index contributed by atoms with van der Waals surface area (Å²) >= 11 is 0. The van der Waals surface area contributed by atoms with E-state index in [1.165, 1.54) is 11.1 Å². The number of β-amino-alcohol motifs (C(OH)–C–C–N with tert-alkyl or cyclic N) is 1. The summed E-state index contributed by atoms with van der Waals surface area (Å²) in [6.07, 6.45) is 2.39. The molecule has 5 rings (SSSR count). The monoisotopic (exact) mass is 479 g/mol. The Hall–Kier alpha value is -2.61. The summed E-state index contributed by atoms with van der Waals surface area (Å²) in [5, 5.41) is 10.9. The van der Waals surface area contributed by atoms with Crippen LogP contribution in [0.1, 0.15) is 41.3 Å². The third-order valence-electron chi connectivity index (χ3n) is 7.35. The number of amides is 1. The van der Waals surface area contributed by atoms with Gasteiger partial charge in [0, 0.05) is 45.3 Å². The van der Waals surface area contributed by atoms with Crippen molar-refractivity contribution in [3.63, 3.8) is 0 Å². The van der Waals surface area contributed by atoms with E-state index in [1.807, 2.05) is 19.1 Å². The Bertz CT molecular complexity index is 1040. The van der Waals surface area contributed by atoms with Crippen molar-refractivity contribution in [2.24, 2.45) is 0 Å². The minimum absolute atomic E-state index is 0.0989. The van der Waals surface area contributed by atoms with E-state index in [9.17, 15) is 9.90 Å². The van der Waals surface area contributed by atoms with E-state index < -0.39 is 6.10 Å². The highest BCUT2D eigenvalue weighted by Gasteiger charge is 2.30. The molecule has 3 heterocycles. The van der Waals surface area contributed by atoms with Gasteiger partial charge in [-0.25, -0.2) is 0 Å². The number of carbonyl (C=O) groups is 1. The zero-order valence-electron chi connectivity index (χ0n) is 20.9. The fourth-order valence-corrected chi connectivity index (χ4v) is 5.44. The first-order chi connectivity index (χ1) is 16.9. The largest absolute Gasteiger partial charge is 0.490 e. The highest BCUT2D eigenvalue weighted by atomic mass is 16.5. The Morgan fingerprint density at radius 2 is 1.86 bits per heavy atom. The molecule has 188 valence electrons. The molecule has 0 spiro atoms. The number of benzene rings is 2. The highest BCUT2D eigenvalue weighted by Crippen LogP contribution is 2.31. The standard InChI is InChI=1S/C28H37N3O4/c1-20-16-31(19-23(32)18-30-14-9-21-5-3-4-6-22(21)17-30)28(33)26-8-7-25(15-27(26)34-20)35-24-10-12-29(2)13-11-24/h3-8,15,20,23-24,32H,9-14,16-19H2,1-2H3/t20-,23+/m0/s1. The van der Waals surface area contributed by atoms with Crippen LogP contribution in [0, 0.1) is 0 Å². The number of carbonyl (C=O) groups excluding carboxylic acids is 1. The minimum Gasteiger partial charge on any atom is -0.490 e. The van der Waals surface area contributed by atoms with Gasteiger partial charge in [0.2, 0.25) is 0 Å². The maximum absolute atomic E-state index is 13.4. The van der Waals surface area contributed by atoms with Gasteiger partial charge in [-0.1, -0.05) is 24.3 Å². The Kier molecular flexibility index (Phi) is 7.27. The van der Waals surface area contributed by atoms with Crippen LogP contribution < -0.4 is 9.47 Å². The summed E-state index contributed by atoms with van der Waals surface area (Å²) in [6, 6.07) is 14.0. The number of likely N-dealkylation sites (tertiary alicyclic amines) is 1.